The molecule has 2 nitrogen and oxygen atoms in total. The molecule has 0 fully saturated rings. The van der Waals surface area contributed by atoms with Crippen molar-refractivity contribution in [3.8, 4) is 0 Å². The maximum Gasteiger partial charge on any atom is 0.313 e. The van der Waals surface area contributed by atoms with Gasteiger partial charge in [-0.1, -0.05) is 65.1 Å². The van der Waals surface area contributed by atoms with Crippen LogP contribution in [0.1, 0.15) is 32.6 Å². The van der Waals surface area contributed by atoms with E-state index in [0.717, 1.165) is 17.5 Å². The molecule has 1 heterocycles. The number of aldehydes is 1. The maximum atomic E-state index is 10.8. The van der Waals surface area contributed by atoms with Crippen LogP contribution in [0.25, 0.3) is 5.70 Å². The van der Waals surface area contributed by atoms with Gasteiger partial charge in [-0.15, -0.1) is 0 Å². The van der Waals surface area contributed by atoms with Crippen molar-refractivity contribution in [1.29, 1.82) is 0 Å². The minimum absolute atomic E-state index is 0.168. The van der Waals surface area contributed by atoms with Crippen LogP contribution >= 0.6 is 0 Å². The predicted molar refractivity (Wildman–Crippen MR) is 98.1 cm³/mol. The first-order valence-corrected chi connectivity index (χ1v) is 7.87. The SMILES string of the molecule is Cc1cc(C)c(B2C=CC=C(c3ccc(C=O)cc3)N2)c(C)c1. The van der Waals surface area contributed by atoms with Crippen LogP contribution < -0.4 is 10.7 Å². The van der Waals surface area contributed by atoms with Gasteiger partial charge in [-0.05, 0) is 37.9 Å². The van der Waals surface area contributed by atoms with E-state index in [1.807, 2.05) is 24.3 Å². The lowest BCUT2D eigenvalue weighted by Gasteiger charge is -2.23. The van der Waals surface area contributed by atoms with Gasteiger partial charge >= 0.3 is 6.85 Å². The molecule has 0 saturated heterocycles. The lowest BCUT2D eigenvalue weighted by molar-refractivity contribution is 0.112. The molecule has 0 amide bonds. The summed E-state index contributed by atoms with van der Waals surface area (Å²) in [4.78, 5) is 10.8. The van der Waals surface area contributed by atoms with Crippen molar-refractivity contribution in [2.45, 2.75) is 20.8 Å². The average molecular weight is 301 g/mol. The number of allylic oxidation sites excluding steroid dienone is 2. The zero-order chi connectivity index (χ0) is 16.4. The number of hydrogen-bond donors (Lipinski definition) is 1. The number of carbonyl (C=O) groups excluding carboxylic acids is 1. The first-order valence-electron chi connectivity index (χ1n) is 7.87. The molecular weight excluding hydrogens is 281 g/mol. The quantitative estimate of drug-likeness (QED) is 0.696. The van der Waals surface area contributed by atoms with Crippen molar-refractivity contribution in [3.63, 3.8) is 0 Å². The van der Waals surface area contributed by atoms with Crippen molar-refractivity contribution in [3.05, 3.63) is 82.3 Å². The van der Waals surface area contributed by atoms with E-state index in [1.54, 1.807) is 0 Å². The maximum absolute atomic E-state index is 10.8. The van der Waals surface area contributed by atoms with E-state index >= 15 is 0 Å². The van der Waals surface area contributed by atoms with Gasteiger partial charge in [-0.2, -0.15) is 0 Å². The van der Waals surface area contributed by atoms with Gasteiger partial charge in [-0.3, -0.25) is 4.79 Å². The summed E-state index contributed by atoms with van der Waals surface area (Å²) in [5.41, 5.74) is 8.11. The average Bonchev–Trinajstić information content (AvgIpc) is 2.54. The van der Waals surface area contributed by atoms with E-state index < -0.39 is 0 Å². The summed E-state index contributed by atoms with van der Waals surface area (Å²) in [6, 6.07) is 12.1. The zero-order valence-corrected chi connectivity index (χ0v) is 13.8. The van der Waals surface area contributed by atoms with Gasteiger partial charge in [0.1, 0.15) is 6.29 Å². The number of nitrogens with one attached hydrogen (secondary N) is 1. The van der Waals surface area contributed by atoms with Crippen LogP contribution in [0.2, 0.25) is 0 Å². The number of hydrogen-bond acceptors (Lipinski definition) is 2. The summed E-state index contributed by atoms with van der Waals surface area (Å²) < 4.78 is 0. The second kappa shape index (κ2) is 6.29. The summed E-state index contributed by atoms with van der Waals surface area (Å²) in [7, 11) is 0. The Hall–Kier alpha value is -2.55. The molecule has 0 spiro atoms. The minimum Gasteiger partial charge on any atom is -0.420 e. The van der Waals surface area contributed by atoms with E-state index in [9.17, 15) is 4.79 Å². The number of rotatable bonds is 3. The largest absolute Gasteiger partial charge is 0.420 e. The second-order valence-electron chi connectivity index (χ2n) is 6.14. The van der Waals surface area contributed by atoms with Crippen molar-refractivity contribution in [2.24, 2.45) is 0 Å². The van der Waals surface area contributed by atoms with Gasteiger partial charge in [0.05, 0.1) is 0 Å². The molecule has 3 heteroatoms. The molecule has 0 saturated carbocycles. The molecule has 1 aliphatic rings. The Morgan fingerprint density at radius 2 is 1.65 bits per heavy atom. The number of benzene rings is 2. The predicted octanol–water partition coefficient (Wildman–Crippen LogP) is 3.36. The fourth-order valence-electron chi connectivity index (χ4n) is 3.30. The Morgan fingerprint density at radius 1 is 1.00 bits per heavy atom. The summed E-state index contributed by atoms with van der Waals surface area (Å²) in [5, 5.41) is 3.61. The van der Waals surface area contributed by atoms with Crippen LogP contribution in [0, 0.1) is 20.8 Å². The molecule has 1 aliphatic heterocycles. The molecule has 0 bridgehead atoms. The molecule has 0 aliphatic carbocycles. The van der Waals surface area contributed by atoms with Gasteiger partial charge in [0.2, 0.25) is 0 Å². The lowest BCUT2D eigenvalue weighted by atomic mass is 9.52. The van der Waals surface area contributed by atoms with Crippen molar-refractivity contribution >= 4 is 24.3 Å². The van der Waals surface area contributed by atoms with Gasteiger partial charge in [0.15, 0.2) is 0 Å². The molecule has 0 radical (unpaired) electrons. The van der Waals surface area contributed by atoms with E-state index in [1.165, 1.54) is 22.2 Å². The molecule has 2 aromatic carbocycles. The fourth-order valence-corrected chi connectivity index (χ4v) is 3.30. The molecule has 3 rings (SSSR count). The Labute approximate surface area is 138 Å². The van der Waals surface area contributed by atoms with Crippen LogP contribution in [-0.4, -0.2) is 13.1 Å². The molecule has 114 valence electrons. The Balaban J connectivity index is 1.90. The minimum atomic E-state index is 0.168. The highest BCUT2D eigenvalue weighted by atomic mass is 16.1. The number of aryl methyl sites for hydroxylation is 3. The third-order valence-corrected chi connectivity index (χ3v) is 4.28. The summed E-state index contributed by atoms with van der Waals surface area (Å²) in [5.74, 6) is 2.19. The lowest BCUT2D eigenvalue weighted by Crippen LogP contribution is -2.46. The van der Waals surface area contributed by atoms with Crippen LogP contribution in [0.5, 0.6) is 0 Å². The standard InChI is InChI=1S/C20H20BNO/c1-14-11-15(2)20(16(3)12-14)21-10-4-5-19(22-21)18-8-6-17(13-23)7-9-18/h4-13,22H,1-3H3. The highest BCUT2D eigenvalue weighted by Crippen LogP contribution is 2.17. The van der Waals surface area contributed by atoms with Crippen LogP contribution in [0.4, 0.5) is 0 Å². The smallest absolute Gasteiger partial charge is 0.313 e. The molecule has 2 aromatic rings. The van der Waals surface area contributed by atoms with Crippen molar-refractivity contribution in [1.82, 2.24) is 5.23 Å². The van der Waals surface area contributed by atoms with E-state index in [2.05, 4.69) is 56.3 Å². The second-order valence-corrected chi connectivity index (χ2v) is 6.14. The molecule has 0 aromatic heterocycles. The fraction of sp³-hybridized carbons (Fsp3) is 0.150. The van der Waals surface area contributed by atoms with Crippen molar-refractivity contribution < 1.29 is 4.79 Å². The van der Waals surface area contributed by atoms with Gasteiger partial charge < -0.3 is 5.23 Å². The topological polar surface area (TPSA) is 29.1 Å². The molecule has 0 unspecified atom stereocenters. The van der Waals surface area contributed by atoms with E-state index in [4.69, 9.17) is 0 Å². The Kier molecular flexibility index (Phi) is 4.20. The van der Waals surface area contributed by atoms with E-state index in [-0.39, 0.29) is 6.85 Å². The van der Waals surface area contributed by atoms with Crippen LogP contribution in [0.15, 0.2) is 54.5 Å². The molecular formula is C20H20BNO. The number of carbonyl (C=O) groups is 1. The summed E-state index contributed by atoms with van der Waals surface area (Å²) in [6.07, 6.45) is 5.04. The summed E-state index contributed by atoms with van der Waals surface area (Å²) in [6.45, 7) is 6.64. The van der Waals surface area contributed by atoms with Crippen LogP contribution in [0.3, 0.4) is 0 Å². The first-order chi connectivity index (χ1) is 11.1. The third kappa shape index (κ3) is 3.14. The third-order valence-electron chi connectivity index (χ3n) is 4.28. The highest BCUT2D eigenvalue weighted by molar-refractivity contribution is 6.77. The van der Waals surface area contributed by atoms with Gasteiger partial charge in [0.25, 0.3) is 0 Å². The Morgan fingerprint density at radius 3 is 2.26 bits per heavy atom. The highest BCUT2D eigenvalue weighted by Gasteiger charge is 2.22. The Bertz CT molecular complexity index is 780. The monoisotopic (exact) mass is 301 g/mol. The molecule has 0 atom stereocenters. The normalized spacial score (nSPS) is 13.5. The van der Waals surface area contributed by atoms with Gasteiger partial charge in [0, 0.05) is 11.3 Å². The van der Waals surface area contributed by atoms with Crippen LogP contribution in [-0.2, 0) is 0 Å². The summed E-state index contributed by atoms with van der Waals surface area (Å²) >= 11 is 0. The van der Waals surface area contributed by atoms with Crippen molar-refractivity contribution in [2.75, 3.05) is 0 Å². The molecule has 1 N–H and O–H groups in total. The first kappa shape index (κ1) is 15.4. The zero-order valence-electron chi connectivity index (χ0n) is 13.8. The molecule has 23 heavy (non-hydrogen) atoms. The van der Waals surface area contributed by atoms with Gasteiger partial charge in [-0.25, -0.2) is 0 Å². The van der Waals surface area contributed by atoms with E-state index in [0.29, 0.717) is 5.56 Å².